The Morgan fingerprint density at radius 2 is 1.94 bits per heavy atom. The Labute approximate surface area is 130 Å². The molecule has 0 aromatic heterocycles. The molecule has 1 rings (SSSR count). The molecule has 0 saturated heterocycles. The number of esters is 1. The van der Waals surface area contributed by atoms with Crippen LogP contribution in [0.15, 0.2) is 36.4 Å². The first-order valence-electron chi connectivity index (χ1n) is 5.06. The van der Waals surface area contributed by atoms with Crippen LogP contribution in [-0.4, -0.2) is 21.4 Å². The smallest absolute Gasteiger partial charge is 0.303 e. The Balaban J connectivity index is 0.00000121. The average molecular weight is 458 g/mol. The van der Waals surface area contributed by atoms with Gasteiger partial charge < -0.3 is 4.74 Å². The largest absolute Gasteiger partial charge is 0.457 e. The first-order valence-corrected chi connectivity index (χ1v) is 8.75. The summed E-state index contributed by atoms with van der Waals surface area (Å²) >= 11 is 4.35. The maximum atomic E-state index is 10.8. The predicted octanol–water partition coefficient (Wildman–Crippen LogP) is 4.12. The van der Waals surface area contributed by atoms with Gasteiger partial charge in [0.25, 0.3) is 0 Å². The summed E-state index contributed by atoms with van der Waals surface area (Å²) in [6.45, 7) is 1.43. The van der Waals surface area contributed by atoms with Crippen LogP contribution in [0.4, 0.5) is 0 Å². The molecule has 17 heavy (non-hydrogen) atoms. The van der Waals surface area contributed by atoms with E-state index in [-0.39, 0.29) is 12.1 Å². The van der Waals surface area contributed by atoms with E-state index in [1.165, 1.54) is 6.92 Å². The highest BCUT2D eigenvalue weighted by Gasteiger charge is 2.04. The standard InChI is InChI=1S/C12H13IO2.CH3I/c1-10(14)15-12(9-13)8-7-11-5-3-2-4-6-11;1-2/h2-8,12H,9H2,1H3;1H3/b8-7+;. The highest BCUT2D eigenvalue weighted by molar-refractivity contribution is 14.1. The average Bonchev–Trinajstić information content (AvgIpc) is 2.37. The van der Waals surface area contributed by atoms with E-state index in [1.54, 1.807) is 0 Å². The number of hydrogen-bond acceptors (Lipinski definition) is 2. The minimum Gasteiger partial charge on any atom is -0.457 e. The normalized spacial score (nSPS) is 11.5. The van der Waals surface area contributed by atoms with Gasteiger partial charge >= 0.3 is 5.97 Å². The van der Waals surface area contributed by atoms with Crippen molar-refractivity contribution in [2.24, 2.45) is 0 Å². The number of carbonyl (C=O) groups is 1. The van der Waals surface area contributed by atoms with Crippen molar-refractivity contribution in [3.63, 3.8) is 0 Å². The third-order valence-electron chi connectivity index (χ3n) is 1.77. The molecule has 0 bridgehead atoms. The molecule has 94 valence electrons. The maximum absolute atomic E-state index is 10.8. The molecule has 1 aromatic carbocycles. The zero-order chi connectivity index (χ0) is 13.1. The zero-order valence-electron chi connectivity index (χ0n) is 9.90. The molecule has 0 fully saturated rings. The monoisotopic (exact) mass is 458 g/mol. The van der Waals surface area contributed by atoms with Crippen LogP contribution < -0.4 is 0 Å². The van der Waals surface area contributed by atoms with Gasteiger partial charge in [-0.15, -0.1) is 0 Å². The highest BCUT2D eigenvalue weighted by atomic mass is 127. The molecule has 0 amide bonds. The van der Waals surface area contributed by atoms with E-state index >= 15 is 0 Å². The molecule has 1 aromatic rings. The molecule has 0 spiro atoms. The van der Waals surface area contributed by atoms with Crippen LogP contribution in [0, 0.1) is 0 Å². The number of alkyl halides is 2. The zero-order valence-corrected chi connectivity index (χ0v) is 14.2. The molecular formula is C13H16I2O2. The van der Waals surface area contributed by atoms with Gasteiger partial charge in [0, 0.05) is 11.4 Å². The molecule has 0 saturated carbocycles. The van der Waals surface area contributed by atoms with Crippen LogP contribution in [0.2, 0.25) is 0 Å². The summed E-state index contributed by atoms with van der Waals surface area (Å²) < 4.78 is 5.85. The summed E-state index contributed by atoms with van der Waals surface area (Å²) in [5, 5.41) is 0. The van der Waals surface area contributed by atoms with Crippen molar-refractivity contribution in [3.8, 4) is 0 Å². The Bertz CT molecular complexity index is 337. The summed E-state index contributed by atoms with van der Waals surface area (Å²) in [6, 6.07) is 9.94. The molecule has 4 heteroatoms. The fraction of sp³-hybridized carbons (Fsp3) is 0.308. The molecule has 1 atom stereocenters. The van der Waals surface area contributed by atoms with Crippen molar-refractivity contribution >= 4 is 57.2 Å². The predicted molar refractivity (Wildman–Crippen MR) is 89.9 cm³/mol. The van der Waals surface area contributed by atoms with E-state index in [2.05, 4.69) is 45.2 Å². The SMILES string of the molecule is CC(=O)OC(/C=C/c1ccccc1)CI.CI. The third kappa shape index (κ3) is 8.59. The number of carbonyl (C=O) groups excluding carboxylic acids is 1. The van der Waals surface area contributed by atoms with Crippen LogP contribution in [0.25, 0.3) is 6.08 Å². The summed E-state index contributed by atoms with van der Waals surface area (Å²) in [6.07, 6.45) is 3.73. The van der Waals surface area contributed by atoms with Gasteiger partial charge in [-0.2, -0.15) is 0 Å². The number of benzene rings is 1. The molecule has 0 radical (unpaired) electrons. The Hall–Kier alpha value is -0.110. The van der Waals surface area contributed by atoms with Gasteiger partial charge in [-0.1, -0.05) is 81.6 Å². The second kappa shape index (κ2) is 11.0. The van der Waals surface area contributed by atoms with Gasteiger partial charge in [0.05, 0.1) is 0 Å². The lowest BCUT2D eigenvalue weighted by molar-refractivity contribution is -0.143. The van der Waals surface area contributed by atoms with Crippen molar-refractivity contribution in [1.29, 1.82) is 0 Å². The first-order chi connectivity index (χ1) is 8.22. The van der Waals surface area contributed by atoms with Gasteiger partial charge in [-0.05, 0) is 16.6 Å². The fourth-order valence-electron chi connectivity index (χ4n) is 1.12. The van der Waals surface area contributed by atoms with Gasteiger partial charge in [-0.25, -0.2) is 0 Å². The van der Waals surface area contributed by atoms with E-state index in [9.17, 15) is 4.79 Å². The van der Waals surface area contributed by atoms with Crippen LogP contribution in [0.3, 0.4) is 0 Å². The van der Waals surface area contributed by atoms with Crippen LogP contribution >= 0.6 is 45.2 Å². The molecular weight excluding hydrogens is 442 g/mol. The number of rotatable bonds is 4. The number of halogens is 2. The lowest BCUT2D eigenvalue weighted by atomic mass is 10.2. The number of hydrogen-bond donors (Lipinski definition) is 0. The minimum atomic E-state index is -0.241. The number of ether oxygens (including phenoxy) is 1. The molecule has 0 N–H and O–H groups in total. The van der Waals surface area contributed by atoms with Gasteiger partial charge in [0.1, 0.15) is 6.10 Å². The molecule has 0 heterocycles. The summed E-state index contributed by atoms with van der Waals surface area (Å²) in [7, 11) is 0. The maximum Gasteiger partial charge on any atom is 0.303 e. The summed E-state index contributed by atoms with van der Waals surface area (Å²) in [5.74, 6) is -0.241. The molecule has 0 aliphatic rings. The van der Waals surface area contributed by atoms with Gasteiger partial charge in [-0.3, -0.25) is 4.79 Å². The van der Waals surface area contributed by atoms with Gasteiger partial charge in [0.15, 0.2) is 0 Å². The third-order valence-corrected chi connectivity index (χ3v) is 2.64. The van der Waals surface area contributed by atoms with Gasteiger partial charge in [0.2, 0.25) is 0 Å². The lowest BCUT2D eigenvalue weighted by Crippen LogP contribution is -2.14. The Morgan fingerprint density at radius 1 is 1.35 bits per heavy atom. The van der Waals surface area contributed by atoms with Crippen LogP contribution in [-0.2, 0) is 9.53 Å². The van der Waals surface area contributed by atoms with E-state index in [1.807, 2.05) is 47.4 Å². The van der Waals surface area contributed by atoms with E-state index in [4.69, 9.17) is 4.74 Å². The van der Waals surface area contributed by atoms with E-state index in [0.717, 1.165) is 9.99 Å². The molecule has 1 unspecified atom stereocenters. The van der Waals surface area contributed by atoms with Crippen molar-refractivity contribution in [1.82, 2.24) is 0 Å². The van der Waals surface area contributed by atoms with Crippen molar-refractivity contribution < 1.29 is 9.53 Å². The van der Waals surface area contributed by atoms with Crippen LogP contribution in [0.5, 0.6) is 0 Å². The summed E-state index contributed by atoms with van der Waals surface area (Å²) in [5.41, 5.74) is 1.11. The topological polar surface area (TPSA) is 26.3 Å². The molecule has 0 aliphatic heterocycles. The van der Waals surface area contributed by atoms with E-state index < -0.39 is 0 Å². The van der Waals surface area contributed by atoms with Crippen molar-refractivity contribution in [3.05, 3.63) is 42.0 Å². The quantitative estimate of drug-likeness (QED) is 0.386. The molecule has 0 aliphatic carbocycles. The second-order valence-corrected chi connectivity index (χ2v) is 3.95. The van der Waals surface area contributed by atoms with E-state index in [0.29, 0.717) is 0 Å². The lowest BCUT2D eigenvalue weighted by Gasteiger charge is -2.08. The Morgan fingerprint density at radius 3 is 2.41 bits per heavy atom. The fourth-order valence-corrected chi connectivity index (χ4v) is 1.59. The molecule has 2 nitrogen and oxygen atoms in total. The minimum absolute atomic E-state index is 0.136. The van der Waals surface area contributed by atoms with Crippen molar-refractivity contribution in [2.45, 2.75) is 13.0 Å². The van der Waals surface area contributed by atoms with Crippen molar-refractivity contribution in [2.75, 3.05) is 9.36 Å². The van der Waals surface area contributed by atoms with Crippen LogP contribution in [0.1, 0.15) is 12.5 Å². The Kier molecular flexibility index (Phi) is 10.9. The summed E-state index contributed by atoms with van der Waals surface area (Å²) in [4.78, 5) is 12.7. The second-order valence-electron chi connectivity index (χ2n) is 3.07. The highest BCUT2D eigenvalue weighted by Crippen LogP contribution is 2.06. The first kappa shape index (κ1) is 16.9.